The van der Waals surface area contributed by atoms with Crippen molar-refractivity contribution in [2.75, 3.05) is 13.7 Å². The number of methoxy groups -OCH3 is 1. The lowest BCUT2D eigenvalue weighted by Crippen LogP contribution is -2.17. The molecule has 0 radical (unpaired) electrons. The molecule has 0 amide bonds. The second-order valence-electron chi connectivity index (χ2n) is 5.31. The van der Waals surface area contributed by atoms with Crippen LogP contribution in [0.25, 0.3) is 0 Å². The zero-order valence-electron chi connectivity index (χ0n) is 11.5. The molecule has 0 spiro atoms. The van der Waals surface area contributed by atoms with Gasteiger partial charge in [0.25, 0.3) is 0 Å². The fraction of sp³-hybridized carbons (Fsp3) is 0.600. The van der Waals surface area contributed by atoms with E-state index in [2.05, 4.69) is 25.2 Å². The Bertz CT molecular complexity index is 386. The van der Waals surface area contributed by atoms with Gasteiger partial charge in [0.05, 0.1) is 13.7 Å². The number of benzene rings is 1. The number of rotatable bonds is 7. The first-order chi connectivity index (χ1) is 8.70. The Morgan fingerprint density at radius 1 is 1.33 bits per heavy atom. The lowest BCUT2D eigenvalue weighted by Gasteiger charge is -2.16. The zero-order chi connectivity index (χ0) is 13.0. The molecule has 18 heavy (non-hydrogen) atoms. The van der Waals surface area contributed by atoms with Crippen molar-refractivity contribution >= 4 is 0 Å². The van der Waals surface area contributed by atoms with E-state index in [4.69, 9.17) is 9.47 Å². The van der Waals surface area contributed by atoms with Gasteiger partial charge in [-0.15, -0.1) is 0 Å². The molecule has 0 aromatic heterocycles. The van der Waals surface area contributed by atoms with E-state index in [0.717, 1.165) is 24.7 Å². The molecule has 1 fully saturated rings. The van der Waals surface area contributed by atoms with Crippen LogP contribution in [0.2, 0.25) is 0 Å². The molecule has 1 aromatic carbocycles. The highest BCUT2D eigenvalue weighted by Gasteiger charge is 2.21. The molecule has 1 aliphatic carbocycles. The van der Waals surface area contributed by atoms with Crippen LogP contribution < -0.4 is 14.8 Å². The van der Waals surface area contributed by atoms with Crippen LogP contribution in [0, 0.1) is 5.92 Å². The van der Waals surface area contributed by atoms with Crippen molar-refractivity contribution in [1.82, 2.24) is 5.32 Å². The smallest absolute Gasteiger partial charge is 0.165 e. The van der Waals surface area contributed by atoms with Gasteiger partial charge in [-0.25, -0.2) is 0 Å². The molecule has 0 saturated heterocycles. The highest BCUT2D eigenvalue weighted by Crippen LogP contribution is 2.32. The van der Waals surface area contributed by atoms with Crippen molar-refractivity contribution < 1.29 is 9.47 Å². The molecule has 1 saturated carbocycles. The van der Waals surface area contributed by atoms with E-state index in [1.807, 2.05) is 12.1 Å². The third kappa shape index (κ3) is 3.64. The topological polar surface area (TPSA) is 30.5 Å². The van der Waals surface area contributed by atoms with Gasteiger partial charge in [-0.05, 0) is 24.8 Å². The minimum Gasteiger partial charge on any atom is -0.493 e. The Hall–Kier alpha value is -1.22. The molecule has 100 valence electrons. The van der Waals surface area contributed by atoms with Crippen LogP contribution in [-0.4, -0.2) is 19.8 Å². The lowest BCUT2D eigenvalue weighted by molar-refractivity contribution is 0.254. The number of hydrogen-bond acceptors (Lipinski definition) is 3. The first-order valence-corrected chi connectivity index (χ1v) is 6.72. The molecule has 0 unspecified atom stereocenters. The van der Waals surface area contributed by atoms with E-state index in [1.165, 1.54) is 18.4 Å². The van der Waals surface area contributed by atoms with Crippen LogP contribution in [0.5, 0.6) is 11.5 Å². The van der Waals surface area contributed by atoms with Crippen LogP contribution in [0.3, 0.4) is 0 Å². The summed E-state index contributed by atoms with van der Waals surface area (Å²) < 4.78 is 11.3. The summed E-state index contributed by atoms with van der Waals surface area (Å²) in [6.07, 6.45) is 2.60. The second kappa shape index (κ2) is 6.10. The number of hydrogen-bond donors (Lipinski definition) is 1. The van der Waals surface area contributed by atoms with E-state index in [9.17, 15) is 0 Å². The third-order valence-corrected chi connectivity index (χ3v) is 3.00. The monoisotopic (exact) mass is 249 g/mol. The molecule has 0 aliphatic heterocycles. The van der Waals surface area contributed by atoms with Crippen molar-refractivity contribution in [2.24, 2.45) is 5.92 Å². The van der Waals surface area contributed by atoms with E-state index in [0.29, 0.717) is 12.0 Å². The molecule has 3 nitrogen and oxygen atoms in total. The molecular weight excluding hydrogens is 226 g/mol. The minimum absolute atomic E-state index is 0.513. The zero-order valence-corrected chi connectivity index (χ0v) is 11.5. The average Bonchev–Trinajstić information content (AvgIpc) is 3.17. The number of nitrogens with one attached hydrogen (secondary N) is 1. The molecule has 0 heterocycles. The fourth-order valence-corrected chi connectivity index (χ4v) is 1.82. The first-order valence-electron chi connectivity index (χ1n) is 6.72. The molecular formula is C15H23NO2. The molecule has 0 atom stereocenters. The second-order valence-corrected chi connectivity index (χ2v) is 5.31. The van der Waals surface area contributed by atoms with Gasteiger partial charge in [-0.1, -0.05) is 26.0 Å². The molecule has 3 heteroatoms. The molecule has 0 bridgehead atoms. The maximum atomic E-state index is 5.91. The van der Waals surface area contributed by atoms with Gasteiger partial charge in [-0.3, -0.25) is 0 Å². The van der Waals surface area contributed by atoms with Gasteiger partial charge in [-0.2, -0.15) is 0 Å². The van der Waals surface area contributed by atoms with E-state index in [1.54, 1.807) is 7.11 Å². The van der Waals surface area contributed by atoms with E-state index in [-0.39, 0.29) is 0 Å². The van der Waals surface area contributed by atoms with Crippen molar-refractivity contribution in [2.45, 2.75) is 39.3 Å². The summed E-state index contributed by atoms with van der Waals surface area (Å²) >= 11 is 0. The normalized spacial score (nSPS) is 14.9. The Labute approximate surface area is 109 Å². The maximum Gasteiger partial charge on any atom is 0.165 e. The summed E-state index contributed by atoms with van der Waals surface area (Å²) in [5.41, 5.74) is 1.18. The van der Waals surface area contributed by atoms with Crippen LogP contribution in [0.15, 0.2) is 18.2 Å². The molecule has 2 rings (SSSR count). The Morgan fingerprint density at radius 2 is 2.11 bits per heavy atom. The van der Waals surface area contributed by atoms with E-state index < -0.39 is 0 Å². The van der Waals surface area contributed by atoms with Crippen molar-refractivity contribution in [3.05, 3.63) is 23.8 Å². The molecule has 1 N–H and O–H groups in total. The summed E-state index contributed by atoms with van der Waals surface area (Å²) in [4.78, 5) is 0. The Kier molecular flexibility index (Phi) is 4.48. The largest absolute Gasteiger partial charge is 0.493 e. The summed E-state index contributed by atoms with van der Waals surface area (Å²) in [6, 6.07) is 6.78. The van der Waals surface area contributed by atoms with Gasteiger partial charge in [0.1, 0.15) is 0 Å². The lowest BCUT2D eigenvalue weighted by atomic mass is 10.1. The van der Waals surface area contributed by atoms with Crippen molar-refractivity contribution in [1.29, 1.82) is 0 Å². The summed E-state index contributed by atoms with van der Waals surface area (Å²) in [6.45, 7) is 5.88. The highest BCUT2D eigenvalue weighted by atomic mass is 16.5. The predicted octanol–water partition coefficient (Wildman–Crippen LogP) is 2.98. The van der Waals surface area contributed by atoms with Gasteiger partial charge in [0, 0.05) is 18.2 Å². The summed E-state index contributed by atoms with van der Waals surface area (Å²) in [7, 11) is 1.69. The average molecular weight is 249 g/mol. The predicted molar refractivity (Wildman–Crippen MR) is 73.2 cm³/mol. The SMILES string of the molecule is COc1cccc(CNC2CC2)c1OCC(C)C. The highest BCUT2D eigenvalue weighted by molar-refractivity contribution is 5.46. The summed E-state index contributed by atoms with van der Waals surface area (Å²) in [5.74, 6) is 2.23. The molecule has 1 aliphatic rings. The fourth-order valence-electron chi connectivity index (χ4n) is 1.82. The van der Waals surface area contributed by atoms with Crippen molar-refractivity contribution in [3.63, 3.8) is 0 Å². The van der Waals surface area contributed by atoms with Gasteiger partial charge < -0.3 is 14.8 Å². The first kappa shape index (κ1) is 13.2. The molecule has 1 aromatic rings. The van der Waals surface area contributed by atoms with Gasteiger partial charge in [0.2, 0.25) is 0 Å². The number of ether oxygens (including phenoxy) is 2. The number of para-hydroxylation sites is 1. The van der Waals surface area contributed by atoms with Gasteiger partial charge >= 0.3 is 0 Å². The standard InChI is InChI=1S/C15H23NO2/c1-11(2)10-18-15-12(9-16-13-7-8-13)5-4-6-14(15)17-3/h4-6,11,13,16H,7-10H2,1-3H3. The summed E-state index contributed by atoms with van der Waals surface area (Å²) in [5, 5.41) is 3.52. The Morgan fingerprint density at radius 3 is 2.72 bits per heavy atom. The van der Waals surface area contributed by atoms with Crippen LogP contribution in [0.1, 0.15) is 32.3 Å². The van der Waals surface area contributed by atoms with Crippen LogP contribution in [0.4, 0.5) is 0 Å². The van der Waals surface area contributed by atoms with E-state index >= 15 is 0 Å². The van der Waals surface area contributed by atoms with Gasteiger partial charge in [0.15, 0.2) is 11.5 Å². The third-order valence-electron chi connectivity index (χ3n) is 3.00. The maximum absolute atomic E-state index is 5.91. The minimum atomic E-state index is 0.513. The quantitative estimate of drug-likeness (QED) is 0.806. The van der Waals surface area contributed by atoms with Crippen LogP contribution >= 0.6 is 0 Å². The Balaban J connectivity index is 2.08. The van der Waals surface area contributed by atoms with Crippen molar-refractivity contribution in [3.8, 4) is 11.5 Å². The van der Waals surface area contributed by atoms with Crippen LogP contribution in [-0.2, 0) is 6.54 Å².